The summed E-state index contributed by atoms with van der Waals surface area (Å²) in [6.07, 6.45) is -1.29. The smallest absolute Gasteiger partial charge is 0.465 e. The molecule has 2 aliphatic heterocycles. The average Bonchev–Trinajstić information content (AvgIpc) is 1.95. The number of carbonyl (C=O) groups excluding carboxylic acids is 2. The van der Waals surface area contributed by atoms with Crippen molar-refractivity contribution in [2.24, 2.45) is 0 Å². The summed E-state index contributed by atoms with van der Waals surface area (Å²) >= 11 is 0. The van der Waals surface area contributed by atoms with Gasteiger partial charge < -0.3 is 47.8 Å². The van der Waals surface area contributed by atoms with Crippen molar-refractivity contribution < 1.29 is 102 Å². The van der Waals surface area contributed by atoms with Crippen molar-refractivity contribution in [2.45, 2.75) is 121 Å². The molecule has 3 aromatic carbocycles. The van der Waals surface area contributed by atoms with Crippen molar-refractivity contribution in [3.05, 3.63) is 181 Å². The van der Waals surface area contributed by atoms with Crippen molar-refractivity contribution in [1.82, 2.24) is 29.3 Å². The number of H-pyrrole nitrogens is 2. The average molecular weight is 1310 g/mol. The van der Waals surface area contributed by atoms with Crippen molar-refractivity contribution in [1.29, 1.82) is 0 Å². The van der Waals surface area contributed by atoms with Gasteiger partial charge in [0.05, 0.1) is 26.4 Å². The second-order valence-corrected chi connectivity index (χ2v) is 22.8. The first kappa shape index (κ1) is 74.0. The number of ether oxygens (including phenoxy) is 4. The number of rotatable bonds is 26. The SMILES string of the molecule is C.C=CCCCOC(=O)[C@H](C)N[P@](=O)(OCC1OC(n2ccc(=O)[nH]c2=O)[C@](C)(F)[C@@H]1O)Oc1ccccc1.C=CCCCOC(=O)[C@H](C)N[P@](=O)(Oc1ccccc1)Oc1c(F)c(F)c(F)c(F)c1F.C[C@]1(F)C(O)[C@@H](CO)O[C@H]1n1ccc(=O)[nH]c1=O. The number of benzene rings is 3. The van der Waals surface area contributed by atoms with Crippen LogP contribution in [0.5, 0.6) is 17.2 Å². The van der Waals surface area contributed by atoms with Gasteiger partial charge in [0.25, 0.3) is 11.1 Å². The van der Waals surface area contributed by atoms with Crippen molar-refractivity contribution >= 4 is 27.4 Å². The van der Waals surface area contributed by atoms with E-state index in [1.165, 1.54) is 50.2 Å². The minimum absolute atomic E-state index is 0. The number of aromatic nitrogens is 4. The second kappa shape index (κ2) is 32.8. The van der Waals surface area contributed by atoms with Crippen LogP contribution < -0.4 is 46.2 Å². The summed E-state index contributed by atoms with van der Waals surface area (Å²) in [5, 5.41) is 33.8. The maximum atomic E-state index is 15.5. The number of alkyl halides is 2. The highest BCUT2D eigenvalue weighted by Crippen LogP contribution is 2.49. The Morgan fingerprint density at radius 1 is 0.652 bits per heavy atom. The molecule has 25 nitrogen and oxygen atoms in total. The third kappa shape index (κ3) is 19.5. The first-order chi connectivity index (χ1) is 41.4. The van der Waals surface area contributed by atoms with Crippen LogP contribution in [0.3, 0.4) is 0 Å². The highest BCUT2D eigenvalue weighted by atomic mass is 31.2. The topological polar surface area (TPSA) is 337 Å². The summed E-state index contributed by atoms with van der Waals surface area (Å²) in [7, 11) is -9.25. The van der Waals surface area contributed by atoms with Gasteiger partial charge in [0, 0.05) is 24.5 Å². The van der Waals surface area contributed by atoms with Crippen LogP contribution in [0.25, 0.3) is 0 Å². The van der Waals surface area contributed by atoms with Gasteiger partial charge in [-0.3, -0.25) is 42.8 Å². The fourth-order valence-corrected chi connectivity index (χ4v) is 11.0. The minimum Gasteiger partial charge on any atom is -0.465 e. The van der Waals surface area contributed by atoms with Crippen LogP contribution in [0.1, 0.15) is 73.3 Å². The largest absolute Gasteiger partial charge is 0.513 e. The second-order valence-electron chi connectivity index (χ2n) is 19.5. The molecule has 34 heteroatoms. The summed E-state index contributed by atoms with van der Waals surface area (Å²) in [5.41, 5.74) is -7.84. The monoisotopic (exact) mass is 1310 g/mol. The van der Waals surface area contributed by atoms with Crippen LogP contribution in [-0.2, 0) is 42.2 Å². The zero-order valence-corrected chi connectivity index (χ0v) is 49.0. The van der Waals surface area contributed by atoms with E-state index in [1.54, 1.807) is 36.4 Å². The highest BCUT2D eigenvalue weighted by molar-refractivity contribution is 7.52. The van der Waals surface area contributed by atoms with Crippen LogP contribution in [0, 0.1) is 29.1 Å². The minimum atomic E-state index is -4.93. The van der Waals surface area contributed by atoms with Gasteiger partial charge in [-0.25, -0.2) is 40.7 Å². The van der Waals surface area contributed by atoms with E-state index in [4.69, 9.17) is 37.6 Å². The van der Waals surface area contributed by atoms with Gasteiger partial charge in [0.2, 0.25) is 34.8 Å². The molecule has 7 N–H and O–H groups in total. The van der Waals surface area contributed by atoms with Gasteiger partial charge in [-0.2, -0.15) is 19.0 Å². The fraction of sp³-hybridized carbons (Fsp3) is 0.418. The lowest BCUT2D eigenvalue weighted by Gasteiger charge is -2.25. The number of halogens is 7. The number of para-hydroxylation sites is 2. The van der Waals surface area contributed by atoms with E-state index in [9.17, 15) is 74.5 Å². The molecule has 0 radical (unpaired) electrons. The van der Waals surface area contributed by atoms with E-state index >= 15 is 4.39 Å². The lowest BCUT2D eigenvalue weighted by Crippen LogP contribution is -2.43. The Hall–Kier alpha value is -7.51. The molecule has 0 aliphatic carbocycles. The summed E-state index contributed by atoms with van der Waals surface area (Å²) in [6.45, 7) is 10.7. The molecule has 2 saturated heterocycles. The summed E-state index contributed by atoms with van der Waals surface area (Å²) < 4.78 is 168. The molecule has 12 atom stereocenters. The van der Waals surface area contributed by atoms with Gasteiger partial charge >= 0.3 is 38.8 Å². The molecule has 0 bridgehead atoms. The molecule has 2 aromatic heterocycles. The van der Waals surface area contributed by atoms with Gasteiger partial charge in [-0.15, -0.1) is 13.2 Å². The van der Waals surface area contributed by atoms with Crippen molar-refractivity contribution in [3.63, 3.8) is 0 Å². The number of nitrogens with one attached hydrogen (secondary N) is 4. The molecule has 3 unspecified atom stereocenters. The Labute approximate surface area is 503 Å². The molecule has 2 aliphatic rings. The Bertz CT molecular complexity index is 3520. The standard InChI is InChI=1S/C24H31FN3O9P.C20H19F5NO5P.C10H13FN2O5.CH4/c1-4-5-9-14-34-21(31)16(2)27-38(33,37-17-10-7-6-8-11-17)35-15-18-20(30)24(3,25)22(36-18)28-13-12-19(29)26-23(28)32;1-3-4-8-11-29-20(27)12(2)26-32(28,30-13-9-6-5-7-10-13)31-19-17(24)15(22)14(21)16(23)18(19)25;1-10(11)7(16)5(4-14)18-8(10)13-3-2-6(15)12-9(13)17;/h4,6-8,10-13,16,18,20,22,30H,1,5,9,14-15H2,2-3H3,(H,27,33)(H,26,29,32);3,5-7,9-10,12H,1,4,8,11H2,2H3,(H,26,28);2-3,5,7-8,14,16H,4H2,1H3,(H,12,15,17);1H4/t16-,18?,20+,22?,24+,38-;12-,32-;5-,7?,8-,10+;/m001./s1. The number of unbranched alkanes of at least 4 members (excludes halogenated alkanes) is 2. The number of allylic oxidation sites excluding steroid dienone is 2. The molecule has 0 spiro atoms. The summed E-state index contributed by atoms with van der Waals surface area (Å²) in [6, 6.07) is 14.5. The number of hydrogen-bond donors (Lipinski definition) is 7. The van der Waals surface area contributed by atoms with E-state index in [2.05, 4.69) is 27.9 Å². The third-order valence-electron chi connectivity index (χ3n) is 12.6. The van der Waals surface area contributed by atoms with Gasteiger partial charge in [0.1, 0.15) is 48.0 Å². The van der Waals surface area contributed by atoms with E-state index in [0.29, 0.717) is 25.7 Å². The van der Waals surface area contributed by atoms with Gasteiger partial charge in [0.15, 0.2) is 23.8 Å². The first-order valence-electron chi connectivity index (χ1n) is 26.4. The van der Waals surface area contributed by atoms with E-state index in [0.717, 1.165) is 47.5 Å². The van der Waals surface area contributed by atoms with Crippen LogP contribution in [-0.4, -0.2) is 121 Å². The molecular formula is C55H67F7N6O19P2. The predicted octanol–water partition coefficient (Wildman–Crippen LogP) is 6.80. The lowest BCUT2D eigenvalue weighted by atomic mass is 9.98. The van der Waals surface area contributed by atoms with Gasteiger partial charge in [-0.1, -0.05) is 56.0 Å². The number of esters is 2. The zero-order chi connectivity index (χ0) is 65.3. The van der Waals surface area contributed by atoms with E-state index < -0.39 is 158 Å². The quantitative estimate of drug-likeness (QED) is 0.00569. The van der Waals surface area contributed by atoms with E-state index in [1.807, 2.05) is 9.97 Å². The Balaban J connectivity index is 0.000000300. The van der Waals surface area contributed by atoms with Crippen LogP contribution in [0.4, 0.5) is 30.7 Å². The maximum Gasteiger partial charge on any atom is 0.513 e. The highest BCUT2D eigenvalue weighted by Gasteiger charge is 2.57. The maximum absolute atomic E-state index is 15.5. The van der Waals surface area contributed by atoms with E-state index in [-0.39, 0.29) is 32.1 Å². The summed E-state index contributed by atoms with van der Waals surface area (Å²) in [4.78, 5) is 74.4. The van der Waals surface area contributed by atoms with Crippen LogP contribution >= 0.6 is 15.5 Å². The first-order valence-corrected chi connectivity index (χ1v) is 29.5. The molecule has 0 amide bonds. The molecule has 490 valence electrons. The molecule has 0 saturated carbocycles. The predicted molar refractivity (Wildman–Crippen MR) is 303 cm³/mol. The number of hydrogen-bond acceptors (Lipinski definition) is 19. The normalized spacial score (nSPS) is 23.0. The zero-order valence-electron chi connectivity index (χ0n) is 47.2. The Kier molecular flexibility index (Phi) is 27.3. The number of aliphatic hydroxyl groups is 3. The van der Waals surface area contributed by atoms with Crippen molar-refractivity contribution in [3.8, 4) is 17.2 Å². The molecule has 4 heterocycles. The number of aromatic amines is 2. The molecule has 89 heavy (non-hydrogen) atoms. The molecule has 5 aromatic rings. The Morgan fingerprint density at radius 2 is 1.03 bits per heavy atom. The van der Waals surface area contributed by atoms with Gasteiger partial charge in [-0.05, 0) is 77.6 Å². The van der Waals surface area contributed by atoms with Crippen LogP contribution in [0.15, 0.2) is 130 Å². The number of nitrogens with zero attached hydrogens (tertiary/aromatic N) is 2. The third-order valence-corrected chi connectivity index (χ3v) is 15.8. The number of aliphatic hydroxyl groups excluding tert-OH is 3. The number of carbonyl (C=O) groups is 2. The lowest BCUT2D eigenvalue weighted by molar-refractivity contribution is -0.146. The van der Waals surface area contributed by atoms with Crippen molar-refractivity contribution in [2.75, 3.05) is 26.4 Å². The fourth-order valence-electron chi connectivity index (χ4n) is 7.93. The van der Waals surface area contributed by atoms with Crippen LogP contribution in [0.2, 0.25) is 0 Å². The Morgan fingerprint density at radius 3 is 1.43 bits per heavy atom. The molecular weight excluding hydrogens is 1240 g/mol. The summed E-state index contributed by atoms with van der Waals surface area (Å²) in [5.74, 6) is -15.2. The molecule has 2 fully saturated rings. The molecule has 7 rings (SSSR count).